The van der Waals surface area contributed by atoms with E-state index < -0.39 is 10.0 Å². The van der Waals surface area contributed by atoms with Gasteiger partial charge in [0.2, 0.25) is 10.0 Å². The summed E-state index contributed by atoms with van der Waals surface area (Å²) >= 11 is 1.67. The van der Waals surface area contributed by atoms with Crippen molar-refractivity contribution in [2.75, 3.05) is 30.3 Å². The van der Waals surface area contributed by atoms with E-state index in [0.717, 1.165) is 35.4 Å². The van der Waals surface area contributed by atoms with Crippen LogP contribution in [0.25, 0.3) is 0 Å². The molecule has 0 saturated carbocycles. The van der Waals surface area contributed by atoms with Gasteiger partial charge in [-0.1, -0.05) is 18.2 Å². The first-order valence-electron chi connectivity index (χ1n) is 8.76. The number of aliphatic imine (C=N–C) groups is 1. The molecule has 6 nitrogen and oxygen atoms in total. The van der Waals surface area contributed by atoms with E-state index in [9.17, 15) is 12.8 Å². The van der Waals surface area contributed by atoms with Crippen molar-refractivity contribution in [1.82, 2.24) is 10.6 Å². The molecular formula is C19H25FN4O2S2. The third-order valence-corrected chi connectivity index (χ3v) is 5.37. The molecule has 0 fully saturated rings. The van der Waals surface area contributed by atoms with Crippen LogP contribution < -0.4 is 15.4 Å². The van der Waals surface area contributed by atoms with Gasteiger partial charge in [0.1, 0.15) is 5.82 Å². The number of nitrogens with zero attached hydrogens (tertiary/aromatic N) is 1. The molecule has 152 valence electrons. The number of thioether (sulfide) groups is 1. The number of nitrogens with one attached hydrogen (secondary N) is 3. The lowest BCUT2D eigenvalue weighted by atomic mass is 10.2. The number of anilines is 1. The summed E-state index contributed by atoms with van der Waals surface area (Å²) in [6.07, 6.45) is 2.04. The van der Waals surface area contributed by atoms with Crippen molar-refractivity contribution in [2.24, 2.45) is 4.99 Å². The number of sulfonamides is 1. The Balaban J connectivity index is 1.75. The fourth-order valence-corrected chi connectivity index (χ4v) is 3.82. The van der Waals surface area contributed by atoms with Gasteiger partial charge >= 0.3 is 0 Å². The van der Waals surface area contributed by atoms with Crippen LogP contribution in [0.1, 0.15) is 12.0 Å². The van der Waals surface area contributed by atoms with E-state index in [1.165, 1.54) is 12.1 Å². The molecule has 0 radical (unpaired) electrons. The van der Waals surface area contributed by atoms with Crippen LogP contribution in [-0.4, -0.2) is 40.0 Å². The van der Waals surface area contributed by atoms with Crippen molar-refractivity contribution in [3.8, 4) is 0 Å². The lowest BCUT2D eigenvalue weighted by Crippen LogP contribution is -2.37. The lowest BCUT2D eigenvalue weighted by Gasteiger charge is -2.14. The molecule has 2 aromatic carbocycles. The predicted octanol–water partition coefficient (Wildman–Crippen LogP) is 3.04. The Morgan fingerprint density at radius 2 is 1.82 bits per heavy atom. The Bertz CT molecular complexity index is 887. The second-order valence-corrected chi connectivity index (χ2v) is 8.96. The van der Waals surface area contributed by atoms with Crippen LogP contribution >= 0.6 is 11.8 Å². The largest absolute Gasteiger partial charge is 0.356 e. The zero-order valence-corrected chi connectivity index (χ0v) is 17.5. The van der Waals surface area contributed by atoms with Gasteiger partial charge in [0, 0.05) is 25.0 Å². The van der Waals surface area contributed by atoms with Gasteiger partial charge in [-0.2, -0.15) is 0 Å². The minimum atomic E-state index is -3.34. The quantitative estimate of drug-likeness (QED) is 0.249. The summed E-state index contributed by atoms with van der Waals surface area (Å²) in [4.78, 5) is 5.22. The van der Waals surface area contributed by atoms with E-state index in [-0.39, 0.29) is 5.82 Å². The second kappa shape index (κ2) is 10.9. The van der Waals surface area contributed by atoms with Gasteiger partial charge in [-0.15, -0.1) is 11.8 Å². The summed E-state index contributed by atoms with van der Waals surface area (Å²) in [6.45, 7) is 1.17. The molecule has 0 atom stereocenters. The summed E-state index contributed by atoms with van der Waals surface area (Å²) in [6, 6.07) is 13.7. The smallest absolute Gasteiger partial charge is 0.229 e. The molecule has 0 aromatic heterocycles. The molecule has 28 heavy (non-hydrogen) atoms. The molecule has 2 aromatic rings. The molecular weight excluding hydrogens is 399 g/mol. The number of para-hydroxylation sites is 1. The highest BCUT2D eigenvalue weighted by Crippen LogP contribution is 2.18. The molecule has 0 spiro atoms. The van der Waals surface area contributed by atoms with E-state index in [4.69, 9.17) is 0 Å². The SMILES string of the molecule is CN=C(NCCCSc1ccc(F)cc1)NCc1ccccc1NS(C)(=O)=O. The Morgan fingerprint density at radius 3 is 2.50 bits per heavy atom. The van der Waals surface area contributed by atoms with Crippen molar-refractivity contribution < 1.29 is 12.8 Å². The molecule has 0 aliphatic carbocycles. The Labute approximate surface area is 170 Å². The fourth-order valence-electron chi connectivity index (χ4n) is 2.37. The van der Waals surface area contributed by atoms with E-state index in [1.54, 1.807) is 43.1 Å². The van der Waals surface area contributed by atoms with Crippen molar-refractivity contribution in [3.05, 3.63) is 59.9 Å². The Kier molecular flexibility index (Phi) is 8.59. The van der Waals surface area contributed by atoms with Crippen LogP contribution in [0.4, 0.5) is 10.1 Å². The molecule has 0 heterocycles. The zero-order chi connectivity index (χ0) is 20.4. The number of benzene rings is 2. The number of halogens is 1. The van der Waals surface area contributed by atoms with Crippen LogP contribution in [0.2, 0.25) is 0 Å². The average molecular weight is 425 g/mol. The first-order valence-corrected chi connectivity index (χ1v) is 11.6. The molecule has 0 aliphatic heterocycles. The van der Waals surface area contributed by atoms with Crippen molar-refractivity contribution in [2.45, 2.75) is 17.9 Å². The number of hydrogen-bond acceptors (Lipinski definition) is 4. The molecule has 0 saturated heterocycles. The first kappa shape index (κ1) is 22.0. The molecule has 0 aliphatic rings. The van der Waals surface area contributed by atoms with Crippen molar-refractivity contribution in [1.29, 1.82) is 0 Å². The van der Waals surface area contributed by atoms with Gasteiger partial charge in [0.25, 0.3) is 0 Å². The Hall–Kier alpha value is -2.26. The maximum Gasteiger partial charge on any atom is 0.229 e. The first-order chi connectivity index (χ1) is 13.4. The average Bonchev–Trinajstić information content (AvgIpc) is 2.65. The number of rotatable bonds is 9. The summed E-state index contributed by atoms with van der Waals surface area (Å²) in [5.74, 6) is 1.31. The monoisotopic (exact) mass is 424 g/mol. The van der Waals surface area contributed by atoms with Crippen molar-refractivity contribution >= 4 is 33.4 Å². The Morgan fingerprint density at radius 1 is 1.11 bits per heavy atom. The van der Waals surface area contributed by atoms with Crippen LogP contribution in [-0.2, 0) is 16.6 Å². The van der Waals surface area contributed by atoms with Crippen LogP contribution in [0, 0.1) is 5.82 Å². The van der Waals surface area contributed by atoms with Gasteiger partial charge in [0.05, 0.1) is 11.9 Å². The maximum atomic E-state index is 12.9. The highest BCUT2D eigenvalue weighted by Gasteiger charge is 2.07. The van der Waals surface area contributed by atoms with Gasteiger partial charge in [-0.05, 0) is 48.1 Å². The van der Waals surface area contributed by atoms with E-state index >= 15 is 0 Å². The molecule has 9 heteroatoms. The highest BCUT2D eigenvalue weighted by atomic mass is 32.2. The summed E-state index contributed by atoms with van der Waals surface area (Å²) < 4.78 is 38.4. The highest BCUT2D eigenvalue weighted by molar-refractivity contribution is 7.99. The standard InChI is InChI=1S/C19H25FN4O2S2/c1-21-19(22-12-5-13-27-17-10-8-16(20)9-11-17)23-14-15-6-3-4-7-18(15)24-28(2,25)26/h3-4,6-11,24H,5,12-14H2,1-2H3,(H2,21,22,23). The summed E-state index contributed by atoms with van der Waals surface area (Å²) in [5, 5.41) is 6.41. The van der Waals surface area contributed by atoms with Gasteiger partial charge in [0.15, 0.2) is 5.96 Å². The minimum Gasteiger partial charge on any atom is -0.356 e. The molecule has 3 N–H and O–H groups in total. The van der Waals surface area contributed by atoms with Crippen LogP contribution in [0.15, 0.2) is 58.4 Å². The second-order valence-electron chi connectivity index (χ2n) is 6.04. The van der Waals surface area contributed by atoms with Crippen molar-refractivity contribution in [3.63, 3.8) is 0 Å². The minimum absolute atomic E-state index is 0.228. The van der Waals surface area contributed by atoms with Crippen LogP contribution in [0.5, 0.6) is 0 Å². The normalized spacial score (nSPS) is 11.9. The lowest BCUT2D eigenvalue weighted by molar-refractivity contribution is 0.606. The summed E-state index contributed by atoms with van der Waals surface area (Å²) in [7, 11) is -1.65. The van der Waals surface area contributed by atoms with Gasteiger partial charge in [-0.25, -0.2) is 12.8 Å². The molecule has 2 rings (SSSR count). The molecule has 0 amide bonds. The zero-order valence-electron chi connectivity index (χ0n) is 15.9. The van der Waals surface area contributed by atoms with Crippen LogP contribution in [0.3, 0.4) is 0 Å². The van der Waals surface area contributed by atoms with E-state index in [1.807, 2.05) is 12.1 Å². The maximum absolute atomic E-state index is 12.9. The molecule has 0 bridgehead atoms. The van der Waals surface area contributed by atoms with E-state index in [2.05, 4.69) is 20.3 Å². The molecule has 0 unspecified atom stereocenters. The fraction of sp³-hybridized carbons (Fsp3) is 0.316. The number of guanidine groups is 1. The summed E-state index contributed by atoms with van der Waals surface area (Å²) in [5.41, 5.74) is 1.37. The number of hydrogen-bond donors (Lipinski definition) is 3. The topological polar surface area (TPSA) is 82.6 Å². The van der Waals surface area contributed by atoms with Gasteiger partial charge in [-0.3, -0.25) is 9.71 Å². The third-order valence-electron chi connectivity index (χ3n) is 3.68. The van der Waals surface area contributed by atoms with E-state index in [0.29, 0.717) is 18.2 Å². The van der Waals surface area contributed by atoms with Gasteiger partial charge < -0.3 is 10.6 Å². The third kappa shape index (κ3) is 8.18. The predicted molar refractivity (Wildman–Crippen MR) is 115 cm³/mol.